The van der Waals surface area contributed by atoms with Gasteiger partial charge in [0, 0.05) is 16.8 Å². The number of amides is 1. The normalized spacial score (nSPS) is 15.5. The number of benzene rings is 2. The van der Waals surface area contributed by atoms with E-state index in [0.717, 1.165) is 5.56 Å². The van der Waals surface area contributed by atoms with Crippen molar-refractivity contribution in [3.63, 3.8) is 0 Å². The maximum atomic E-state index is 13.4. The molecule has 0 fully saturated rings. The molecule has 7 heteroatoms. The van der Waals surface area contributed by atoms with Crippen LogP contribution in [0.5, 0.6) is 11.5 Å². The van der Waals surface area contributed by atoms with E-state index in [0.29, 0.717) is 39.8 Å². The highest BCUT2D eigenvalue weighted by Crippen LogP contribution is 2.46. The van der Waals surface area contributed by atoms with Gasteiger partial charge in [-0.3, -0.25) is 4.79 Å². The van der Waals surface area contributed by atoms with Crippen LogP contribution >= 0.6 is 0 Å². The first-order chi connectivity index (χ1) is 14.0. The van der Waals surface area contributed by atoms with E-state index in [4.69, 9.17) is 9.26 Å². The van der Waals surface area contributed by atoms with E-state index in [1.165, 1.54) is 0 Å². The Hall–Kier alpha value is -3.74. The summed E-state index contributed by atoms with van der Waals surface area (Å²) < 4.78 is 10.7. The number of hydrogen-bond acceptors (Lipinski definition) is 6. The van der Waals surface area contributed by atoms with Gasteiger partial charge in [0.15, 0.2) is 0 Å². The molecule has 0 saturated carbocycles. The second kappa shape index (κ2) is 7.35. The SMILES string of the molecule is COc1ccccc1NC(=O)C1=C(C)Nc2onc(C)c2C1c1ccccc1O. The summed E-state index contributed by atoms with van der Waals surface area (Å²) in [7, 11) is 1.55. The third-order valence-electron chi connectivity index (χ3n) is 5.04. The van der Waals surface area contributed by atoms with Gasteiger partial charge < -0.3 is 25.0 Å². The fraction of sp³-hybridized carbons (Fsp3) is 0.182. The molecule has 148 valence electrons. The zero-order valence-corrected chi connectivity index (χ0v) is 16.3. The van der Waals surface area contributed by atoms with Crippen molar-refractivity contribution in [2.75, 3.05) is 17.7 Å². The molecule has 0 radical (unpaired) electrons. The second-order valence-corrected chi connectivity index (χ2v) is 6.82. The first kappa shape index (κ1) is 18.6. The van der Waals surface area contributed by atoms with Crippen LogP contribution in [0.2, 0.25) is 0 Å². The summed E-state index contributed by atoms with van der Waals surface area (Å²) in [5.74, 6) is 0.291. The Morgan fingerprint density at radius 1 is 1.17 bits per heavy atom. The van der Waals surface area contributed by atoms with E-state index >= 15 is 0 Å². The van der Waals surface area contributed by atoms with Crippen molar-refractivity contribution < 1.29 is 19.2 Å². The number of nitrogens with one attached hydrogen (secondary N) is 2. The minimum Gasteiger partial charge on any atom is -0.508 e. The number of aromatic hydroxyl groups is 1. The number of methoxy groups -OCH3 is 1. The molecule has 1 unspecified atom stereocenters. The summed E-state index contributed by atoms with van der Waals surface area (Å²) >= 11 is 0. The first-order valence-corrected chi connectivity index (χ1v) is 9.17. The van der Waals surface area contributed by atoms with Gasteiger partial charge in [-0.2, -0.15) is 0 Å². The van der Waals surface area contributed by atoms with E-state index in [1.54, 1.807) is 44.4 Å². The molecule has 2 aromatic carbocycles. The number of aryl methyl sites for hydroxylation is 1. The molecule has 4 rings (SSSR count). The number of para-hydroxylation sites is 3. The maximum Gasteiger partial charge on any atom is 0.254 e. The smallest absolute Gasteiger partial charge is 0.254 e. The molecule has 2 heterocycles. The number of ether oxygens (including phenoxy) is 1. The van der Waals surface area contributed by atoms with E-state index in [2.05, 4.69) is 15.8 Å². The number of rotatable bonds is 4. The molecular weight excluding hydrogens is 370 g/mol. The number of carbonyl (C=O) groups is 1. The fourth-order valence-electron chi connectivity index (χ4n) is 3.69. The van der Waals surface area contributed by atoms with E-state index in [-0.39, 0.29) is 11.7 Å². The van der Waals surface area contributed by atoms with Crippen LogP contribution in [0.3, 0.4) is 0 Å². The Morgan fingerprint density at radius 2 is 1.90 bits per heavy atom. The molecule has 1 atom stereocenters. The molecular formula is C22H21N3O4. The van der Waals surface area contributed by atoms with Gasteiger partial charge in [0.25, 0.3) is 5.91 Å². The van der Waals surface area contributed by atoms with Gasteiger partial charge in [0.05, 0.1) is 30.0 Å². The van der Waals surface area contributed by atoms with Gasteiger partial charge in [-0.15, -0.1) is 0 Å². The Kier molecular flexibility index (Phi) is 4.72. The van der Waals surface area contributed by atoms with Crippen molar-refractivity contribution in [3.8, 4) is 11.5 Å². The Labute approximate surface area is 168 Å². The predicted molar refractivity (Wildman–Crippen MR) is 109 cm³/mol. The third kappa shape index (κ3) is 3.20. The van der Waals surface area contributed by atoms with Crippen LogP contribution in [0.4, 0.5) is 11.6 Å². The highest BCUT2D eigenvalue weighted by atomic mass is 16.5. The van der Waals surface area contributed by atoms with Gasteiger partial charge in [-0.05, 0) is 32.0 Å². The van der Waals surface area contributed by atoms with Crippen molar-refractivity contribution in [1.29, 1.82) is 0 Å². The van der Waals surface area contributed by atoms with Gasteiger partial charge >= 0.3 is 0 Å². The predicted octanol–water partition coefficient (Wildman–Crippen LogP) is 4.17. The lowest BCUT2D eigenvalue weighted by molar-refractivity contribution is -0.113. The van der Waals surface area contributed by atoms with Crippen molar-refractivity contribution in [1.82, 2.24) is 5.16 Å². The van der Waals surface area contributed by atoms with Crippen LogP contribution in [0, 0.1) is 6.92 Å². The molecule has 3 aromatic rings. The largest absolute Gasteiger partial charge is 0.508 e. The Morgan fingerprint density at radius 3 is 2.66 bits per heavy atom. The summed E-state index contributed by atoms with van der Waals surface area (Å²) in [6.07, 6.45) is 0. The third-order valence-corrected chi connectivity index (χ3v) is 5.04. The van der Waals surface area contributed by atoms with Crippen LogP contribution < -0.4 is 15.4 Å². The summed E-state index contributed by atoms with van der Waals surface area (Å²) in [5, 5.41) is 20.6. The van der Waals surface area contributed by atoms with Gasteiger partial charge in [-0.25, -0.2) is 0 Å². The zero-order chi connectivity index (χ0) is 20.5. The van der Waals surface area contributed by atoms with Crippen molar-refractivity contribution in [3.05, 3.63) is 76.6 Å². The average molecular weight is 391 g/mol. The fourth-order valence-corrected chi connectivity index (χ4v) is 3.69. The van der Waals surface area contributed by atoms with Crippen LogP contribution in [0.25, 0.3) is 0 Å². The number of fused-ring (bicyclic) bond motifs is 1. The van der Waals surface area contributed by atoms with Crippen LogP contribution in [0.15, 0.2) is 64.3 Å². The standard InChI is InChI=1S/C22H21N3O4/c1-12-18(21(27)24-15-9-5-7-11-17(15)28-3)20(14-8-4-6-10-16(14)26)19-13(2)25-29-22(19)23-12/h4-11,20,23,26H,1-3H3,(H,24,27). The minimum atomic E-state index is -0.534. The zero-order valence-electron chi connectivity index (χ0n) is 16.3. The topological polar surface area (TPSA) is 96.6 Å². The quantitative estimate of drug-likeness (QED) is 0.618. The molecule has 0 spiro atoms. The number of allylic oxidation sites excluding steroid dienone is 1. The molecule has 0 saturated heterocycles. The van der Waals surface area contributed by atoms with E-state index in [9.17, 15) is 9.90 Å². The van der Waals surface area contributed by atoms with Crippen molar-refractivity contribution in [2.24, 2.45) is 0 Å². The Bertz CT molecular complexity index is 1120. The van der Waals surface area contributed by atoms with Gasteiger partial charge in [-0.1, -0.05) is 35.5 Å². The lowest BCUT2D eigenvalue weighted by atomic mass is 9.81. The number of phenols is 1. The number of phenolic OH excluding ortho intramolecular Hbond substituents is 1. The number of carbonyl (C=O) groups excluding carboxylic acids is 1. The summed E-state index contributed by atoms with van der Waals surface area (Å²) in [5.41, 5.74) is 3.62. The average Bonchev–Trinajstić information content (AvgIpc) is 3.08. The first-order valence-electron chi connectivity index (χ1n) is 9.17. The van der Waals surface area contributed by atoms with Crippen molar-refractivity contribution >= 4 is 17.5 Å². The van der Waals surface area contributed by atoms with Gasteiger partial charge in [0.2, 0.25) is 5.88 Å². The number of hydrogen-bond donors (Lipinski definition) is 3. The van der Waals surface area contributed by atoms with Crippen LogP contribution in [0.1, 0.15) is 29.7 Å². The highest BCUT2D eigenvalue weighted by molar-refractivity contribution is 6.07. The van der Waals surface area contributed by atoms with Crippen molar-refractivity contribution in [2.45, 2.75) is 19.8 Å². The lowest BCUT2D eigenvalue weighted by Gasteiger charge is -2.28. The number of aromatic nitrogens is 1. The molecule has 1 aliphatic heterocycles. The molecule has 29 heavy (non-hydrogen) atoms. The molecule has 3 N–H and O–H groups in total. The van der Waals surface area contributed by atoms with Gasteiger partial charge in [0.1, 0.15) is 11.5 Å². The molecule has 0 bridgehead atoms. The highest BCUT2D eigenvalue weighted by Gasteiger charge is 2.37. The molecule has 7 nitrogen and oxygen atoms in total. The van der Waals surface area contributed by atoms with Crippen LogP contribution in [-0.2, 0) is 4.79 Å². The van der Waals surface area contributed by atoms with E-state index in [1.807, 2.05) is 25.1 Å². The second-order valence-electron chi connectivity index (χ2n) is 6.82. The van der Waals surface area contributed by atoms with E-state index < -0.39 is 5.92 Å². The molecule has 1 amide bonds. The molecule has 1 aliphatic rings. The summed E-state index contributed by atoms with van der Waals surface area (Å²) in [6.45, 7) is 3.61. The monoisotopic (exact) mass is 391 g/mol. The minimum absolute atomic E-state index is 0.0985. The Balaban J connectivity index is 1.82. The molecule has 0 aliphatic carbocycles. The summed E-state index contributed by atoms with van der Waals surface area (Å²) in [6, 6.07) is 14.2. The number of nitrogens with zero attached hydrogens (tertiary/aromatic N) is 1. The number of anilines is 2. The van der Waals surface area contributed by atoms with Crippen LogP contribution in [-0.4, -0.2) is 23.3 Å². The maximum absolute atomic E-state index is 13.4. The lowest BCUT2D eigenvalue weighted by Crippen LogP contribution is -2.27. The summed E-state index contributed by atoms with van der Waals surface area (Å²) in [4.78, 5) is 13.4. The molecule has 1 aromatic heterocycles.